The van der Waals surface area contributed by atoms with E-state index in [1.54, 1.807) is 0 Å². The van der Waals surface area contributed by atoms with Gasteiger partial charge in [0.15, 0.2) is 5.11 Å². The smallest absolute Gasteiger partial charge is 0.173 e. The highest BCUT2D eigenvalue weighted by Gasteiger charge is 2.26. The number of hydrogen-bond acceptors (Lipinski definition) is 2. The summed E-state index contributed by atoms with van der Waals surface area (Å²) in [6.45, 7) is 6.36. The predicted molar refractivity (Wildman–Crippen MR) is 102 cm³/mol. The molecule has 5 heteroatoms. The Morgan fingerprint density at radius 1 is 1.13 bits per heavy atom. The quantitative estimate of drug-likeness (QED) is 0.800. The molecule has 2 fully saturated rings. The number of aryl methyl sites for hydroxylation is 1. The average molecular weight is 352 g/mol. The van der Waals surface area contributed by atoms with E-state index < -0.39 is 0 Å². The van der Waals surface area contributed by atoms with E-state index in [1.165, 1.54) is 32.1 Å². The van der Waals surface area contributed by atoms with Crippen LogP contribution in [0.2, 0.25) is 5.02 Å². The first kappa shape index (κ1) is 17.0. The number of anilines is 1. The van der Waals surface area contributed by atoms with E-state index in [0.29, 0.717) is 0 Å². The molecule has 0 radical (unpaired) electrons. The molecule has 1 N–H and O–H groups in total. The van der Waals surface area contributed by atoms with Gasteiger partial charge < -0.3 is 10.2 Å². The summed E-state index contributed by atoms with van der Waals surface area (Å²) in [5, 5.41) is 4.98. The molecule has 126 valence electrons. The highest BCUT2D eigenvalue weighted by Crippen LogP contribution is 2.24. The van der Waals surface area contributed by atoms with Crippen molar-refractivity contribution in [3.8, 4) is 0 Å². The predicted octanol–water partition coefficient (Wildman–Crippen LogP) is 4.30. The van der Waals surface area contributed by atoms with Crippen molar-refractivity contribution < 1.29 is 0 Å². The molecule has 1 aliphatic carbocycles. The average Bonchev–Trinajstić information content (AvgIpc) is 2.58. The molecule has 0 amide bonds. The van der Waals surface area contributed by atoms with Crippen molar-refractivity contribution in [2.75, 3.05) is 31.5 Å². The summed E-state index contributed by atoms with van der Waals surface area (Å²) in [5.41, 5.74) is 2.18. The second kappa shape index (κ2) is 7.82. The topological polar surface area (TPSA) is 18.5 Å². The van der Waals surface area contributed by atoms with E-state index in [0.717, 1.165) is 53.6 Å². The lowest BCUT2D eigenvalue weighted by atomic mass is 9.94. The van der Waals surface area contributed by atoms with Crippen LogP contribution in [0.5, 0.6) is 0 Å². The molecule has 0 aromatic heterocycles. The molecule has 1 saturated heterocycles. The van der Waals surface area contributed by atoms with Crippen molar-refractivity contribution in [3.05, 3.63) is 28.8 Å². The Bertz CT molecular complexity index is 549. The number of thiocarbonyl (C=S) groups is 1. The molecular formula is C18H26ClN3S. The van der Waals surface area contributed by atoms with E-state index in [2.05, 4.69) is 22.0 Å². The Balaban J connectivity index is 1.51. The van der Waals surface area contributed by atoms with Crippen molar-refractivity contribution in [2.24, 2.45) is 0 Å². The zero-order chi connectivity index (χ0) is 16.2. The van der Waals surface area contributed by atoms with Gasteiger partial charge in [-0.25, -0.2) is 0 Å². The minimum absolute atomic E-state index is 0.764. The minimum atomic E-state index is 0.764. The van der Waals surface area contributed by atoms with Gasteiger partial charge in [-0.05, 0) is 55.7 Å². The first-order valence-electron chi connectivity index (χ1n) is 8.69. The summed E-state index contributed by atoms with van der Waals surface area (Å²) in [6.07, 6.45) is 6.99. The summed E-state index contributed by atoms with van der Waals surface area (Å²) in [6, 6.07) is 6.68. The third-order valence-corrected chi connectivity index (χ3v) is 5.72. The van der Waals surface area contributed by atoms with Crippen LogP contribution in [-0.4, -0.2) is 47.1 Å². The van der Waals surface area contributed by atoms with E-state index >= 15 is 0 Å². The number of rotatable bonds is 2. The van der Waals surface area contributed by atoms with Crippen molar-refractivity contribution >= 4 is 34.6 Å². The molecule has 3 nitrogen and oxygen atoms in total. The molecule has 1 aromatic rings. The Morgan fingerprint density at radius 2 is 1.83 bits per heavy atom. The second-order valence-electron chi connectivity index (χ2n) is 6.70. The van der Waals surface area contributed by atoms with Gasteiger partial charge in [-0.3, -0.25) is 4.90 Å². The van der Waals surface area contributed by atoms with Crippen LogP contribution in [0.1, 0.15) is 37.7 Å². The zero-order valence-electron chi connectivity index (χ0n) is 13.9. The lowest BCUT2D eigenvalue weighted by Crippen LogP contribution is -2.53. The van der Waals surface area contributed by atoms with Gasteiger partial charge in [0.1, 0.15) is 0 Å². The molecule has 0 spiro atoms. The Labute approximate surface area is 150 Å². The number of hydrogen-bond donors (Lipinski definition) is 1. The van der Waals surface area contributed by atoms with Crippen molar-refractivity contribution in [1.82, 2.24) is 9.80 Å². The monoisotopic (exact) mass is 351 g/mol. The summed E-state index contributed by atoms with van der Waals surface area (Å²) < 4.78 is 0. The largest absolute Gasteiger partial charge is 0.346 e. The van der Waals surface area contributed by atoms with Gasteiger partial charge in [0.05, 0.1) is 0 Å². The fraction of sp³-hybridized carbons (Fsp3) is 0.611. The summed E-state index contributed by atoms with van der Waals surface area (Å²) >= 11 is 11.6. The van der Waals surface area contributed by atoms with E-state index in [4.69, 9.17) is 23.8 Å². The number of halogens is 1. The lowest BCUT2D eigenvalue weighted by molar-refractivity contribution is 0.108. The molecule has 1 aromatic carbocycles. The zero-order valence-corrected chi connectivity index (χ0v) is 15.4. The van der Waals surface area contributed by atoms with Crippen LogP contribution in [0.15, 0.2) is 18.2 Å². The first-order chi connectivity index (χ1) is 11.1. The number of benzene rings is 1. The highest BCUT2D eigenvalue weighted by atomic mass is 35.5. The fourth-order valence-electron chi connectivity index (χ4n) is 3.70. The third kappa shape index (κ3) is 4.37. The van der Waals surface area contributed by atoms with Crippen LogP contribution >= 0.6 is 23.8 Å². The third-order valence-electron chi connectivity index (χ3n) is 5.12. The molecule has 0 unspecified atom stereocenters. The standard InChI is InChI=1S/C18H26ClN3S/c1-14-13-15(19)7-8-17(14)20-18(23)22-11-9-21(10-12-22)16-5-3-2-4-6-16/h7-8,13,16H,2-6,9-12H2,1H3,(H,20,23). The van der Waals surface area contributed by atoms with Crippen LogP contribution in [0.4, 0.5) is 5.69 Å². The fourth-order valence-corrected chi connectivity index (χ4v) is 4.22. The van der Waals surface area contributed by atoms with Crippen LogP contribution in [0.25, 0.3) is 0 Å². The molecule has 3 rings (SSSR count). The summed E-state index contributed by atoms with van der Waals surface area (Å²) in [7, 11) is 0. The Kier molecular flexibility index (Phi) is 5.78. The van der Waals surface area contributed by atoms with Gasteiger partial charge in [0, 0.05) is 42.9 Å². The van der Waals surface area contributed by atoms with E-state index in [9.17, 15) is 0 Å². The van der Waals surface area contributed by atoms with Crippen LogP contribution in [0.3, 0.4) is 0 Å². The van der Waals surface area contributed by atoms with Gasteiger partial charge >= 0.3 is 0 Å². The molecule has 23 heavy (non-hydrogen) atoms. The number of nitrogens with one attached hydrogen (secondary N) is 1. The van der Waals surface area contributed by atoms with E-state index in [1.807, 2.05) is 18.2 Å². The lowest BCUT2D eigenvalue weighted by Gasteiger charge is -2.41. The molecular weight excluding hydrogens is 326 g/mol. The Hall–Kier alpha value is -0.840. The summed E-state index contributed by atoms with van der Waals surface area (Å²) in [5.74, 6) is 0. The van der Waals surface area contributed by atoms with Gasteiger partial charge in [0.2, 0.25) is 0 Å². The van der Waals surface area contributed by atoms with Crippen LogP contribution < -0.4 is 5.32 Å². The normalized spacial score (nSPS) is 20.5. The summed E-state index contributed by atoms with van der Waals surface area (Å²) in [4.78, 5) is 4.97. The maximum Gasteiger partial charge on any atom is 0.173 e. The van der Waals surface area contributed by atoms with Gasteiger partial charge in [-0.1, -0.05) is 30.9 Å². The maximum absolute atomic E-state index is 6.02. The number of piperazine rings is 1. The van der Waals surface area contributed by atoms with Crippen molar-refractivity contribution in [1.29, 1.82) is 0 Å². The minimum Gasteiger partial charge on any atom is -0.346 e. The molecule has 0 bridgehead atoms. The maximum atomic E-state index is 6.02. The molecule has 1 aliphatic heterocycles. The Morgan fingerprint density at radius 3 is 2.48 bits per heavy atom. The first-order valence-corrected chi connectivity index (χ1v) is 9.48. The SMILES string of the molecule is Cc1cc(Cl)ccc1NC(=S)N1CCN(C2CCCCC2)CC1. The molecule has 2 aliphatic rings. The highest BCUT2D eigenvalue weighted by molar-refractivity contribution is 7.80. The van der Waals surface area contributed by atoms with Crippen LogP contribution in [-0.2, 0) is 0 Å². The van der Waals surface area contributed by atoms with Crippen molar-refractivity contribution in [2.45, 2.75) is 45.1 Å². The molecule has 0 atom stereocenters. The van der Waals surface area contributed by atoms with Crippen molar-refractivity contribution in [3.63, 3.8) is 0 Å². The molecule has 1 heterocycles. The number of nitrogens with zero attached hydrogens (tertiary/aromatic N) is 2. The van der Waals surface area contributed by atoms with E-state index in [-0.39, 0.29) is 0 Å². The molecule has 1 saturated carbocycles. The second-order valence-corrected chi connectivity index (χ2v) is 7.53. The van der Waals surface area contributed by atoms with Gasteiger partial charge in [-0.15, -0.1) is 0 Å². The van der Waals surface area contributed by atoms with Gasteiger partial charge in [0.25, 0.3) is 0 Å². The van der Waals surface area contributed by atoms with Gasteiger partial charge in [-0.2, -0.15) is 0 Å². The van der Waals surface area contributed by atoms with Crippen LogP contribution in [0, 0.1) is 6.92 Å².